The molecule has 0 aromatic carbocycles. The predicted molar refractivity (Wildman–Crippen MR) is 68.4 cm³/mol. The third-order valence-corrected chi connectivity index (χ3v) is 2.92. The van der Waals surface area contributed by atoms with E-state index in [0.717, 1.165) is 44.9 Å². The molecular formula is C13H25NO4. The average Bonchev–Trinajstić information content (AvgIpc) is 2.35. The zero-order chi connectivity index (χ0) is 13.6. The topological polar surface area (TPSA) is 86.6 Å². The Labute approximate surface area is 109 Å². The Kier molecular flexibility index (Phi) is 11.6. The average molecular weight is 259 g/mol. The lowest BCUT2D eigenvalue weighted by Gasteiger charge is -2.02. The number of carbonyl (C=O) groups is 2. The molecule has 0 aliphatic heterocycles. The highest BCUT2D eigenvalue weighted by atomic mass is 16.5. The highest BCUT2D eigenvalue weighted by Crippen LogP contribution is 2.11. The quantitative estimate of drug-likeness (QED) is 0.286. The second-order valence-corrected chi connectivity index (χ2v) is 4.61. The Hall–Kier alpha value is -1.10. The molecular weight excluding hydrogens is 234 g/mol. The first-order chi connectivity index (χ1) is 8.66. The molecule has 106 valence electrons. The SMILES string of the molecule is O=C(O)CCCCCCCCCCCC(=O)NO. The minimum absolute atomic E-state index is 0.285. The van der Waals surface area contributed by atoms with Crippen LogP contribution in [0.25, 0.3) is 0 Å². The van der Waals surface area contributed by atoms with Crippen LogP contribution in [0.2, 0.25) is 0 Å². The van der Waals surface area contributed by atoms with Crippen molar-refractivity contribution in [2.45, 2.75) is 70.6 Å². The van der Waals surface area contributed by atoms with Gasteiger partial charge in [-0.25, -0.2) is 5.48 Å². The smallest absolute Gasteiger partial charge is 0.303 e. The van der Waals surface area contributed by atoms with Gasteiger partial charge in [0, 0.05) is 12.8 Å². The molecule has 3 N–H and O–H groups in total. The summed E-state index contributed by atoms with van der Waals surface area (Å²) in [6, 6.07) is 0. The minimum atomic E-state index is -0.707. The molecule has 0 saturated heterocycles. The summed E-state index contributed by atoms with van der Waals surface area (Å²) < 4.78 is 0. The van der Waals surface area contributed by atoms with E-state index in [2.05, 4.69) is 0 Å². The number of aliphatic carboxylic acids is 1. The van der Waals surface area contributed by atoms with Crippen molar-refractivity contribution >= 4 is 11.9 Å². The lowest BCUT2D eigenvalue weighted by molar-refractivity contribution is -0.137. The molecule has 0 rings (SSSR count). The fourth-order valence-corrected chi connectivity index (χ4v) is 1.86. The number of carbonyl (C=O) groups excluding carboxylic acids is 1. The molecule has 0 aromatic heterocycles. The number of amides is 1. The summed E-state index contributed by atoms with van der Waals surface area (Å²) in [5.74, 6) is -1.02. The van der Waals surface area contributed by atoms with Crippen LogP contribution < -0.4 is 5.48 Å². The summed E-state index contributed by atoms with van der Waals surface area (Å²) in [6.45, 7) is 0. The van der Waals surface area contributed by atoms with Gasteiger partial charge in [-0.3, -0.25) is 14.8 Å². The van der Waals surface area contributed by atoms with E-state index >= 15 is 0 Å². The molecule has 5 heteroatoms. The van der Waals surface area contributed by atoms with Crippen LogP contribution in [0.3, 0.4) is 0 Å². The standard InChI is InChI=1S/C13H25NO4/c15-12(14-18)10-8-6-4-2-1-3-5-7-9-11-13(16)17/h18H,1-11H2,(H,14,15)(H,16,17). The molecule has 0 aromatic rings. The van der Waals surface area contributed by atoms with Crippen LogP contribution in [0, 0.1) is 0 Å². The molecule has 0 bridgehead atoms. The Bertz CT molecular complexity index is 231. The highest BCUT2D eigenvalue weighted by molar-refractivity contribution is 5.74. The van der Waals surface area contributed by atoms with E-state index in [-0.39, 0.29) is 12.3 Å². The Morgan fingerprint density at radius 1 is 0.722 bits per heavy atom. The molecule has 0 heterocycles. The second kappa shape index (κ2) is 12.4. The molecule has 0 unspecified atom stereocenters. The van der Waals surface area contributed by atoms with E-state index in [0.29, 0.717) is 6.42 Å². The van der Waals surface area contributed by atoms with E-state index in [9.17, 15) is 9.59 Å². The summed E-state index contributed by atoms with van der Waals surface area (Å²) in [7, 11) is 0. The van der Waals surface area contributed by atoms with Gasteiger partial charge in [0.25, 0.3) is 0 Å². The van der Waals surface area contributed by atoms with E-state index in [4.69, 9.17) is 10.3 Å². The molecule has 0 atom stereocenters. The fourth-order valence-electron chi connectivity index (χ4n) is 1.86. The van der Waals surface area contributed by atoms with Crippen molar-refractivity contribution in [2.75, 3.05) is 0 Å². The van der Waals surface area contributed by atoms with Gasteiger partial charge in [-0.1, -0.05) is 44.9 Å². The summed E-state index contributed by atoms with van der Waals surface area (Å²) >= 11 is 0. The molecule has 0 aliphatic carbocycles. The van der Waals surface area contributed by atoms with Gasteiger partial charge in [0.1, 0.15) is 0 Å². The zero-order valence-corrected chi connectivity index (χ0v) is 11.0. The predicted octanol–water partition coefficient (Wildman–Crippen LogP) is 2.87. The van der Waals surface area contributed by atoms with Crippen LogP contribution in [-0.2, 0) is 9.59 Å². The summed E-state index contributed by atoms with van der Waals surface area (Å²) in [5.41, 5.74) is 1.62. The van der Waals surface area contributed by atoms with Crippen molar-refractivity contribution in [3.05, 3.63) is 0 Å². The molecule has 0 spiro atoms. The van der Waals surface area contributed by atoms with Gasteiger partial charge < -0.3 is 5.11 Å². The van der Waals surface area contributed by atoms with Gasteiger partial charge in [0.2, 0.25) is 5.91 Å². The molecule has 0 radical (unpaired) electrons. The first kappa shape index (κ1) is 16.9. The van der Waals surface area contributed by atoms with Gasteiger partial charge in [0.05, 0.1) is 0 Å². The van der Waals surface area contributed by atoms with Gasteiger partial charge in [-0.05, 0) is 12.8 Å². The molecule has 1 amide bonds. The van der Waals surface area contributed by atoms with E-state index in [1.165, 1.54) is 12.8 Å². The van der Waals surface area contributed by atoms with Gasteiger partial charge in [0.15, 0.2) is 0 Å². The minimum Gasteiger partial charge on any atom is -0.481 e. The Balaban J connectivity index is 3.03. The van der Waals surface area contributed by atoms with E-state index < -0.39 is 5.97 Å². The maximum Gasteiger partial charge on any atom is 0.303 e. The number of hydroxylamine groups is 1. The lowest BCUT2D eigenvalue weighted by atomic mass is 10.1. The molecule has 5 nitrogen and oxygen atoms in total. The number of carboxylic acid groups (broad SMARTS) is 1. The second-order valence-electron chi connectivity index (χ2n) is 4.61. The maximum absolute atomic E-state index is 10.7. The Morgan fingerprint density at radius 2 is 1.11 bits per heavy atom. The van der Waals surface area contributed by atoms with Crippen molar-refractivity contribution in [3.8, 4) is 0 Å². The normalized spacial score (nSPS) is 10.3. The number of carboxylic acids is 1. The van der Waals surface area contributed by atoms with Gasteiger partial charge in [-0.15, -0.1) is 0 Å². The summed E-state index contributed by atoms with van der Waals surface area (Å²) in [5, 5.41) is 16.7. The summed E-state index contributed by atoms with van der Waals surface area (Å²) in [6.07, 6.45) is 10.0. The van der Waals surface area contributed by atoms with Crippen LogP contribution in [0.4, 0.5) is 0 Å². The monoisotopic (exact) mass is 259 g/mol. The van der Waals surface area contributed by atoms with Crippen LogP contribution in [-0.4, -0.2) is 22.2 Å². The largest absolute Gasteiger partial charge is 0.481 e. The molecule has 0 fully saturated rings. The molecule has 0 saturated carbocycles. The third kappa shape index (κ3) is 13.0. The first-order valence-electron chi connectivity index (χ1n) is 6.81. The summed E-state index contributed by atoms with van der Waals surface area (Å²) in [4.78, 5) is 21.0. The number of hydrogen-bond acceptors (Lipinski definition) is 3. The van der Waals surface area contributed by atoms with Crippen LogP contribution >= 0.6 is 0 Å². The van der Waals surface area contributed by atoms with Crippen molar-refractivity contribution in [1.29, 1.82) is 0 Å². The molecule has 18 heavy (non-hydrogen) atoms. The number of nitrogens with one attached hydrogen (secondary N) is 1. The number of hydrogen-bond donors (Lipinski definition) is 3. The first-order valence-corrected chi connectivity index (χ1v) is 6.81. The number of unbranched alkanes of at least 4 members (excludes halogenated alkanes) is 8. The van der Waals surface area contributed by atoms with Crippen molar-refractivity contribution in [2.24, 2.45) is 0 Å². The maximum atomic E-state index is 10.7. The van der Waals surface area contributed by atoms with E-state index in [1.807, 2.05) is 0 Å². The third-order valence-electron chi connectivity index (χ3n) is 2.92. The van der Waals surface area contributed by atoms with Crippen LogP contribution in [0.1, 0.15) is 70.6 Å². The molecule has 0 aliphatic rings. The fraction of sp³-hybridized carbons (Fsp3) is 0.846. The van der Waals surface area contributed by atoms with Crippen LogP contribution in [0.5, 0.6) is 0 Å². The van der Waals surface area contributed by atoms with Crippen molar-refractivity contribution in [3.63, 3.8) is 0 Å². The highest BCUT2D eigenvalue weighted by Gasteiger charge is 1.99. The zero-order valence-electron chi connectivity index (χ0n) is 11.0. The number of rotatable bonds is 12. The Morgan fingerprint density at radius 3 is 1.50 bits per heavy atom. The lowest BCUT2D eigenvalue weighted by Crippen LogP contribution is -2.17. The van der Waals surface area contributed by atoms with Crippen molar-refractivity contribution in [1.82, 2.24) is 5.48 Å². The van der Waals surface area contributed by atoms with Crippen molar-refractivity contribution < 1.29 is 19.9 Å². The van der Waals surface area contributed by atoms with Gasteiger partial charge in [-0.2, -0.15) is 0 Å². The van der Waals surface area contributed by atoms with Crippen LogP contribution in [0.15, 0.2) is 0 Å². The van der Waals surface area contributed by atoms with E-state index in [1.54, 1.807) is 5.48 Å². The van der Waals surface area contributed by atoms with Gasteiger partial charge >= 0.3 is 5.97 Å².